The number of anilines is 1. The summed E-state index contributed by atoms with van der Waals surface area (Å²) in [5.74, 6) is -1.05. The lowest BCUT2D eigenvalue weighted by Crippen LogP contribution is -2.05. The van der Waals surface area contributed by atoms with E-state index in [-0.39, 0.29) is 16.8 Å². The highest BCUT2D eigenvalue weighted by molar-refractivity contribution is 6.33. The lowest BCUT2D eigenvalue weighted by Gasteiger charge is -1.97. The molecule has 0 atom stereocenters. The van der Waals surface area contributed by atoms with E-state index in [1.807, 2.05) is 0 Å². The second-order valence-electron chi connectivity index (χ2n) is 3.12. The zero-order valence-electron chi connectivity index (χ0n) is 7.91. The molecule has 1 aliphatic heterocycles. The van der Waals surface area contributed by atoms with Crippen molar-refractivity contribution in [1.29, 1.82) is 10.5 Å². The second-order valence-corrected chi connectivity index (χ2v) is 3.12. The van der Waals surface area contributed by atoms with Crippen molar-refractivity contribution in [3.63, 3.8) is 0 Å². The van der Waals surface area contributed by atoms with Crippen LogP contribution in [0.4, 0.5) is 10.1 Å². The minimum atomic E-state index is -0.557. The highest BCUT2D eigenvalue weighted by Gasteiger charge is 2.27. The minimum Gasteiger partial charge on any atom is -0.321 e. The van der Waals surface area contributed by atoms with E-state index in [0.29, 0.717) is 5.56 Å². The highest BCUT2D eigenvalue weighted by atomic mass is 19.1. The Balaban J connectivity index is 2.72. The van der Waals surface area contributed by atoms with E-state index < -0.39 is 11.7 Å². The van der Waals surface area contributed by atoms with Gasteiger partial charge in [-0.1, -0.05) is 0 Å². The Morgan fingerprint density at radius 2 is 2.00 bits per heavy atom. The van der Waals surface area contributed by atoms with Gasteiger partial charge in [-0.25, -0.2) is 4.39 Å². The minimum absolute atomic E-state index is 0.000000000000000222. The maximum absolute atomic E-state index is 12.9. The third-order valence-corrected chi connectivity index (χ3v) is 2.20. The molecule has 1 amide bonds. The van der Waals surface area contributed by atoms with Crippen LogP contribution in [0, 0.1) is 28.5 Å². The van der Waals surface area contributed by atoms with Crippen LogP contribution in [0.1, 0.15) is 5.56 Å². The van der Waals surface area contributed by atoms with E-state index in [9.17, 15) is 9.18 Å². The number of benzene rings is 1. The molecule has 0 fully saturated rings. The number of halogens is 1. The smallest absolute Gasteiger partial charge is 0.258 e. The fourth-order valence-corrected chi connectivity index (χ4v) is 1.53. The van der Waals surface area contributed by atoms with E-state index in [1.54, 1.807) is 12.1 Å². The van der Waals surface area contributed by atoms with Crippen LogP contribution in [0.15, 0.2) is 23.8 Å². The van der Waals surface area contributed by atoms with Gasteiger partial charge in [0.25, 0.3) is 5.91 Å². The van der Waals surface area contributed by atoms with Gasteiger partial charge in [0.05, 0.1) is 11.3 Å². The van der Waals surface area contributed by atoms with Crippen molar-refractivity contribution in [1.82, 2.24) is 0 Å². The molecule has 1 N–H and O–H groups in total. The van der Waals surface area contributed by atoms with Crippen LogP contribution in [-0.4, -0.2) is 5.91 Å². The molecule has 1 aliphatic rings. The first-order valence-electron chi connectivity index (χ1n) is 4.33. The molecular weight excluding hydrogens is 209 g/mol. The van der Waals surface area contributed by atoms with Gasteiger partial charge in [0.15, 0.2) is 0 Å². The van der Waals surface area contributed by atoms with Crippen LogP contribution in [0.5, 0.6) is 0 Å². The number of fused-ring (bicyclic) bond motifs is 1. The summed E-state index contributed by atoms with van der Waals surface area (Å²) in [6.45, 7) is 0. The number of carbonyl (C=O) groups excluding carboxylic acids is 1. The first kappa shape index (κ1) is 9.88. The summed E-state index contributed by atoms with van der Waals surface area (Å²) >= 11 is 0. The summed E-state index contributed by atoms with van der Waals surface area (Å²) in [4.78, 5) is 11.5. The van der Waals surface area contributed by atoms with Gasteiger partial charge < -0.3 is 5.32 Å². The molecule has 0 saturated carbocycles. The molecule has 0 saturated heterocycles. The van der Waals surface area contributed by atoms with Crippen molar-refractivity contribution >= 4 is 17.2 Å². The van der Waals surface area contributed by atoms with Gasteiger partial charge in [-0.15, -0.1) is 0 Å². The topological polar surface area (TPSA) is 76.7 Å². The van der Waals surface area contributed by atoms with Crippen LogP contribution in [0.2, 0.25) is 0 Å². The third kappa shape index (κ3) is 1.32. The zero-order valence-corrected chi connectivity index (χ0v) is 7.91. The highest BCUT2D eigenvalue weighted by Crippen LogP contribution is 2.33. The van der Waals surface area contributed by atoms with E-state index >= 15 is 0 Å². The van der Waals surface area contributed by atoms with Crippen molar-refractivity contribution in [2.24, 2.45) is 0 Å². The van der Waals surface area contributed by atoms with Crippen molar-refractivity contribution < 1.29 is 9.18 Å². The van der Waals surface area contributed by atoms with Gasteiger partial charge in [-0.2, -0.15) is 10.5 Å². The fraction of sp³-hybridized carbons (Fsp3) is 0. The molecule has 76 valence electrons. The molecule has 4 nitrogen and oxygen atoms in total. The summed E-state index contributed by atoms with van der Waals surface area (Å²) < 4.78 is 12.9. The lowest BCUT2D eigenvalue weighted by atomic mass is 10.0. The Labute approximate surface area is 90.2 Å². The van der Waals surface area contributed by atoms with Crippen molar-refractivity contribution in [3.8, 4) is 12.1 Å². The molecule has 0 aliphatic carbocycles. The maximum atomic E-state index is 12.9. The Kier molecular flexibility index (Phi) is 2.15. The zero-order chi connectivity index (χ0) is 11.7. The number of nitriles is 2. The van der Waals surface area contributed by atoms with Crippen LogP contribution in [0.3, 0.4) is 0 Å². The number of nitrogens with zero attached hydrogens (tertiary/aromatic N) is 2. The molecule has 1 heterocycles. The van der Waals surface area contributed by atoms with Gasteiger partial charge >= 0.3 is 0 Å². The largest absolute Gasteiger partial charge is 0.321 e. The monoisotopic (exact) mass is 213 g/mol. The average Bonchev–Trinajstić information content (AvgIpc) is 2.57. The quantitative estimate of drug-likeness (QED) is 0.525. The molecular formula is C11H4FN3O. The number of hydrogen-bond donors (Lipinski definition) is 1. The number of carbonyl (C=O) groups is 1. The molecule has 1 aromatic carbocycles. The maximum Gasteiger partial charge on any atom is 0.258 e. The van der Waals surface area contributed by atoms with Crippen LogP contribution < -0.4 is 5.32 Å². The molecule has 0 unspecified atom stereocenters. The normalized spacial score (nSPS) is 12.4. The molecule has 0 radical (unpaired) electrons. The average molecular weight is 213 g/mol. The molecule has 0 spiro atoms. The van der Waals surface area contributed by atoms with Crippen LogP contribution >= 0.6 is 0 Å². The fourth-order valence-electron chi connectivity index (χ4n) is 1.53. The van der Waals surface area contributed by atoms with E-state index in [1.165, 1.54) is 12.1 Å². The molecule has 0 aromatic heterocycles. The third-order valence-electron chi connectivity index (χ3n) is 2.20. The van der Waals surface area contributed by atoms with Crippen LogP contribution in [-0.2, 0) is 4.79 Å². The first-order valence-corrected chi connectivity index (χ1v) is 4.33. The van der Waals surface area contributed by atoms with Gasteiger partial charge in [0.2, 0.25) is 0 Å². The molecule has 2 rings (SSSR count). The standard InChI is InChI=1S/C11H4FN3O/c12-7-1-2-8-9(3-7)15-11(16)10(8)6(4-13)5-14/h1-3H,(H,15,16). The van der Waals surface area contributed by atoms with Gasteiger partial charge in [-0.05, 0) is 18.2 Å². The SMILES string of the molecule is N#CC(C#N)=C1C(=O)Nc2cc(F)ccc21. The number of rotatable bonds is 0. The molecule has 1 aromatic rings. The predicted octanol–water partition coefficient (Wildman–Crippen LogP) is 1.58. The summed E-state index contributed by atoms with van der Waals surface area (Å²) in [5.41, 5.74) is 0.385. The molecule has 0 bridgehead atoms. The summed E-state index contributed by atoms with van der Waals surface area (Å²) in [5, 5.41) is 19.8. The Hall–Kier alpha value is -2.66. The molecule has 16 heavy (non-hydrogen) atoms. The van der Waals surface area contributed by atoms with Gasteiger partial charge in [-0.3, -0.25) is 4.79 Å². The second kappa shape index (κ2) is 3.48. The number of amides is 1. The van der Waals surface area contributed by atoms with Crippen molar-refractivity contribution in [2.45, 2.75) is 0 Å². The molecule has 5 heteroatoms. The Morgan fingerprint density at radius 3 is 2.62 bits per heavy atom. The summed E-state index contributed by atoms with van der Waals surface area (Å²) in [6.07, 6.45) is 0. The van der Waals surface area contributed by atoms with E-state index in [2.05, 4.69) is 5.32 Å². The first-order chi connectivity index (χ1) is 7.67. The van der Waals surface area contributed by atoms with Gasteiger partial charge in [0.1, 0.15) is 23.5 Å². The summed E-state index contributed by atoms with van der Waals surface area (Å²) in [6, 6.07) is 6.97. The summed E-state index contributed by atoms with van der Waals surface area (Å²) in [7, 11) is 0. The number of hydrogen-bond acceptors (Lipinski definition) is 3. The van der Waals surface area contributed by atoms with E-state index in [0.717, 1.165) is 6.07 Å². The predicted molar refractivity (Wildman–Crippen MR) is 53.2 cm³/mol. The number of allylic oxidation sites excluding steroid dienone is 1. The van der Waals surface area contributed by atoms with E-state index in [4.69, 9.17) is 10.5 Å². The van der Waals surface area contributed by atoms with Crippen LogP contribution in [0.25, 0.3) is 5.57 Å². The van der Waals surface area contributed by atoms with Gasteiger partial charge in [0, 0.05) is 5.56 Å². The van der Waals surface area contributed by atoms with Crippen molar-refractivity contribution in [2.75, 3.05) is 5.32 Å². The van der Waals surface area contributed by atoms with Crippen molar-refractivity contribution in [3.05, 3.63) is 35.2 Å². The Bertz CT molecular complexity index is 589. The lowest BCUT2D eigenvalue weighted by molar-refractivity contribution is -0.110. The number of nitrogens with one attached hydrogen (secondary N) is 1. The Morgan fingerprint density at radius 1 is 1.31 bits per heavy atom.